The Balaban J connectivity index is 1.75. The van der Waals surface area contributed by atoms with E-state index in [-0.39, 0.29) is 5.54 Å². The summed E-state index contributed by atoms with van der Waals surface area (Å²) in [4.78, 5) is 4.10. The van der Waals surface area contributed by atoms with E-state index in [1.807, 2.05) is 6.20 Å². The van der Waals surface area contributed by atoms with Crippen molar-refractivity contribution in [3.63, 3.8) is 0 Å². The van der Waals surface area contributed by atoms with E-state index in [9.17, 15) is 0 Å². The summed E-state index contributed by atoms with van der Waals surface area (Å²) in [5.74, 6) is 1.97. The minimum Gasteiger partial charge on any atom is -0.312 e. The topological polar surface area (TPSA) is 24.9 Å². The molecule has 0 aliphatic heterocycles. The minimum atomic E-state index is 0.182. The molecule has 20 heavy (non-hydrogen) atoms. The Labute approximate surface area is 127 Å². The quantitative estimate of drug-likeness (QED) is 0.904. The van der Waals surface area contributed by atoms with Crippen LogP contribution in [0.15, 0.2) is 18.5 Å². The number of hydrogen-bond donors (Lipinski definition) is 1. The Bertz CT molecular complexity index is 482. The highest BCUT2D eigenvalue weighted by Crippen LogP contribution is 2.60. The Kier molecular flexibility index (Phi) is 3.58. The number of hydrogen-bond acceptors (Lipinski definition) is 2. The van der Waals surface area contributed by atoms with Gasteiger partial charge in [-0.25, -0.2) is 0 Å². The van der Waals surface area contributed by atoms with Crippen LogP contribution in [-0.4, -0.2) is 17.1 Å². The van der Waals surface area contributed by atoms with Gasteiger partial charge >= 0.3 is 0 Å². The van der Waals surface area contributed by atoms with E-state index >= 15 is 0 Å². The van der Waals surface area contributed by atoms with E-state index in [2.05, 4.69) is 37.1 Å². The first-order chi connectivity index (χ1) is 9.37. The van der Waals surface area contributed by atoms with Crippen molar-refractivity contribution in [2.75, 3.05) is 6.54 Å². The van der Waals surface area contributed by atoms with Gasteiger partial charge in [0.25, 0.3) is 0 Å². The molecule has 0 radical (unpaired) electrons. The smallest absolute Gasteiger partial charge is 0.0621 e. The number of pyridine rings is 1. The van der Waals surface area contributed by atoms with Crippen molar-refractivity contribution in [2.45, 2.75) is 52.0 Å². The number of fused-ring (bicyclic) bond motifs is 1. The van der Waals surface area contributed by atoms with Gasteiger partial charge in [0, 0.05) is 24.5 Å². The van der Waals surface area contributed by atoms with Gasteiger partial charge in [0.1, 0.15) is 0 Å². The second-order valence-electron chi connectivity index (χ2n) is 7.91. The summed E-state index contributed by atoms with van der Waals surface area (Å²) in [6.45, 7) is 7.84. The van der Waals surface area contributed by atoms with Crippen molar-refractivity contribution in [2.24, 2.45) is 17.3 Å². The molecule has 3 rings (SSSR count). The van der Waals surface area contributed by atoms with Gasteiger partial charge in [-0.15, -0.1) is 0 Å². The standard InChI is InChI=1S/C17H25ClN2/c1-16(2,3)20-11-17(8-13-6-14(13)9-17)7-12-4-5-19-10-15(12)18/h4-5,10,13-14,20H,6-9,11H2,1-3H3. The molecule has 1 N–H and O–H groups in total. The summed E-state index contributed by atoms with van der Waals surface area (Å²) in [5.41, 5.74) is 1.84. The minimum absolute atomic E-state index is 0.182. The van der Waals surface area contributed by atoms with Gasteiger partial charge in [0.15, 0.2) is 0 Å². The first kappa shape index (κ1) is 14.3. The average molecular weight is 293 g/mol. The van der Waals surface area contributed by atoms with Gasteiger partial charge in [-0.2, -0.15) is 0 Å². The van der Waals surface area contributed by atoms with Crippen LogP contribution in [0.1, 0.15) is 45.6 Å². The summed E-state index contributed by atoms with van der Waals surface area (Å²) in [6, 6.07) is 2.09. The molecular weight excluding hydrogens is 268 g/mol. The van der Waals surface area contributed by atoms with Crippen LogP contribution in [0.25, 0.3) is 0 Å². The van der Waals surface area contributed by atoms with Gasteiger partial charge in [-0.3, -0.25) is 4.98 Å². The van der Waals surface area contributed by atoms with Crippen LogP contribution in [0.5, 0.6) is 0 Å². The SMILES string of the molecule is CC(C)(C)NCC1(Cc2ccncc2Cl)CC2CC2C1. The lowest BCUT2D eigenvalue weighted by Crippen LogP contribution is -2.44. The Morgan fingerprint density at radius 3 is 2.65 bits per heavy atom. The van der Waals surface area contributed by atoms with E-state index in [0.717, 1.165) is 29.8 Å². The zero-order valence-electron chi connectivity index (χ0n) is 12.7. The molecule has 0 bridgehead atoms. The van der Waals surface area contributed by atoms with Crippen molar-refractivity contribution in [3.05, 3.63) is 29.0 Å². The second kappa shape index (κ2) is 4.99. The van der Waals surface area contributed by atoms with Crippen LogP contribution in [0.4, 0.5) is 0 Å². The van der Waals surface area contributed by atoms with Crippen LogP contribution < -0.4 is 5.32 Å². The third-order valence-electron chi connectivity index (χ3n) is 4.88. The van der Waals surface area contributed by atoms with Crippen molar-refractivity contribution in [3.8, 4) is 0 Å². The van der Waals surface area contributed by atoms with E-state index in [4.69, 9.17) is 11.6 Å². The van der Waals surface area contributed by atoms with Crippen molar-refractivity contribution in [1.29, 1.82) is 0 Å². The molecule has 1 heterocycles. The third kappa shape index (κ3) is 3.17. The molecule has 0 aromatic carbocycles. The van der Waals surface area contributed by atoms with Crippen molar-refractivity contribution < 1.29 is 0 Å². The van der Waals surface area contributed by atoms with Gasteiger partial charge in [0.2, 0.25) is 0 Å². The molecule has 1 aromatic rings. The highest BCUT2D eigenvalue weighted by atomic mass is 35.5. The largest absolute Gasteiger partial charge is 0.312 e. The lowest BCUT2D eigenvalue weighted by molar-refractivity contribution is 0.222. The molecule has 0 amide bonds. The van der Waals surface area contributed by atoms with Gasteiger partial charge in [-0.05, 0) is 75.3 Å². The highest BCUT2D eigenvalue weighted by Gasteiger charge is 2.53. The van der Waals surface area contributed by atoms with E-state index in [0.29, 0.717) is 5.41 Å². The molecular formula is C17H25ClN2. The fourth-order valence-corrected chi connectivity index (χ4v) is 3.95. The van der Waals surface area contributed by atoms with E-state index < -0.39 is 0 Å². The molecule has 2 aliphatic rings. The molecule has 0 spiro atoms. The second-order valence-corrected chi connectivity index (χ2v) is 8.32. The number of aromatic nitrogens is 1. The fraction of sp³-hybridized carbons (Fsp3) is 0.706. The van der Waals surface area contributed by atoms with Crippen LogP contribution >= 0.6 is 11.6 Å². The predicted molar refractivity (Wildman–Crippen MR) is 84.0 cm³/mol. The molecule has 110 valence electrons. The lowest BCUT2D eigenvalue weighted by Gasteiger charge is -2.35. The third-order valence-corrected chi connectivity index (χ3v) is 5.22. The van der Waals surface area contributed by atoms with Crippen LogP contribution in [-0.2, 0) is 6.42 Å². The fourth-order valence-electron chi connectivity index (χ4n) is 3.76. The van der Waals surface area contributed by atoms with Crippen molar-refractivity contribution in [1.82, 2.24) is 10.3 Å². The first-order valence-corrected chi connectivity index (χ1v) is 8.08. The zero-order chi connectivity index (χ0) is 14.4. The van der Waals surface area contributed by atoms with Gasteiger partial charge in [0.05, 0.1) is 5.02 Å². The number of nitrogens with zero attached hydrogens (tertiary/aromatic N) is 1. The molecule has 2 nitrogen and oxygen atoms in total. The zero-order valence-corrected chi connectivity index (χ0v) is 13.5. The molecule has 0 saturated heterocycles. The van der Waals surface area contributed by atoms with Gasteiger partial charge < -0.3 is 5.32 Å². The number of halogens is 1. The summed E-state index contributed by atoms with van der Waals surface area (Å²) in [6.07, 6.45) is 8.91. The Hall–Kier alpha value is -0.600. The molecule has 2 atom stereocenters. The molecule has 1 aromatic heterocycles. The summed E-state index contributed by atoms with van der Waals surface area (Å²) in [5, 5.41) is 4.55. The maximum atomic E-state index is 6.32. The monoisotopic (exact) mass is 292 g/mol. The van der Waals surface area contributed by atoms with Gasteiger partial charge in [-0.1, -0.05) is 11.6 Å². The molecule has 2 fully saturated rings. The van der Waals surface area contributed by atoms with Crippen LogP contribution in [0.3, 0.4) is 0 Å². The number of rotatable bonds is 4. The normalized spacial score (nSPS) is 32.2. The van der Waals surface area contributed by atoms with Crippen molar-refractivity contribution >= 4 is 11.6 Å². The number of nitrogens with one attached hydrogen (secondary N) is 1. The van der Waals surface area contributed by atoms with Crippen LogP contribution in [0.2, 0.25) is 5.02 Å². The predicted octanol–water partition coefficient (Wildman–Crippen LogP) is 4.08. The van der Waals surface area contributed by atoms with E-state index in [1.165, 1.54) is 24.8 Å². The maximum Gasteiger partial charge on any atom is 0.0621 e. The summed E-state index contributed by atoms with van der Waals surface area (Å²) < 4.78 is 0. The molecule has 2 unspecified atom stereocenters. The highest BCUT2D eigenvalue weighted by molar-refractivity contribution is 6.31. The maximum absolute atomic E-state index is 6.32. The molecule has 2 aliphatic carbocycles. The lowest BCUT2D eigenvalue weighted by atomic mass is 9.77. The Morgan fingerprint density at radius 2 is 2.05 bits per heavy atom. The molecule has 3 heteroatoms. The molecule has 2 saturated carbocycles. The van der Waals surface area contributed by atoms with Crippen LogP contribution in [0, 0.1) is 17.3 Å². The first-order valence-electron chi connectivity index (χ1n) is 7.70. The average Bonchev–Trinajstić information content (AvgIpc) is 2.98. The summed E-state index contributed by atoms with van der Waals surface area (Å²) in [7, 11) is 0. The van der Waals surface area contributed by atoms with E-state index in [1.54, 1.807) is 6.20 Å². The Morgan fingerprint density at radius 1 is 1.35 bits per heavy atom. The summed E-state index contributed by atoms with van der Waals surface area (Å²) >= 11 is 6.32.